The van der Waals surface area contributed by atoms with Crippen LogP contribution in [0.2, 0.25) is 0 Å². The van der Waals surface area contributed by atoms with Crippen molar-refractivity contribution in [1.29, 1.82) is 0 Å². The van der Waals surface area contributed by atoms with E-state index in [-0.39, 0.29) is 5.91 Å². The van der Waals surface area contributed by atoms with E-state index in [2.05, 4.69) is 32.7 Å². The number of carbonyl (C=O) groups is 1. The van der Waals surface area contributed by atoms with Crippen LogP contribution in [0, 0.1) is 0 Å². The molecule has 0 radical (unpaired) electrons. The van der Waals surface area contributed by atoms with Crippen LogP contribution in [0.4, 0.5) is 5.69 Å². The Bertz CT molecular complexity index is 1060. The molecule has 136 valence electrons. The van der Waals surface area contributed by atoms with Gasteiger partial charge in [-0.2, -0.15) is 0 Å². The Labute approximate surface area is 157 Å². The molecule has 0 saturated carbocycles. The molecule has 0 unspecified atom stereocenters. The minimum absolute atomic E-state index is 0.0514. The van der Waals surface area contributed by atoms with Crippen LogP contribution < -0.4 is 10.6 Å². The fourth-order valence-electron chi connectivity index (χ4n) is 3.32. The first-order chi connectivity index (χ1) is 13.3. The Morgan fingerprint density at radius 2 is 1.89 bits per heavy atom. The second kappa shape index (κ2) is 7.91. The van der Waals surface area contributed by atoms with E-state index < -0.39 is 0 Å². The summed E-state index contributed by atoms with van der Waals surface area (Å²) in [5.74, 6) is 0.0514. The van der Waals surface area contributed by atoms with Gasteiger partial charge in [0.15, 0.2) is 0 Å². The second-order valence-electron chi connectivity index (χ2n) is 6.52. The van der Waals surface area contributed by atoms with Crippen molar-refractivity contribution in [1.82, 2.24) is 15.3 Å². The topological polar surface area (TPSA) is 69.8 Å². The van der Waals surface area contributed by atoms with Crippen molar-refractivity contribution >= 4 is 33.4 Å². The molecular formula is C22H22N4O. The van der Waals surface area contributed by atoms with Gasteiger partial charge in [-0.1, -0.05) is 36.4 Å². The number of benzene rings is 2. The van der Waals surface area contributed by atoms with Crippen molar-refractivity contribution in [3.05, 3.63) is 72.6 Å². The Hall–Kier alpha value is -3.34. The number of fused-ring (bicyclic) bond motifs is 2. The normalized spacial score (nSPS) is 11.0. The summed E-state index contributed by atoms with van der Waals surface area (Å²) in [4.78, 5) is 19.8. The molecule has 27 heavy (non-hydrogen) atoms. The first-order valence-corrected chi connectivity index (χ1v) is 9.20. The molecule has 5 heteroatoms. The van der Waals surface area contributed by atoms with Crippen molar-refractivity contribution in [2.45, 2.75) is 12.8 Å². The van der Waals surface area contributed by atoms with Gasteiger partial charge >= 0.3 is 0 Å². The molecule has 2 aromatic carbocycles. The monoisotopic (exact) mass is 358 g/mol. The third-order valence-corrected chi connectivity index (χ3v) is 4.69. The van der Waals surface area contributed by atoms with Gasteiger partial charge in [0.25, 0.3) is 0 Å². The number of rotatable bonds is 7. The quantitative estimate of drug-likeness (QED) is 0.470. The summed E-state index contributed by atoms with van der Waals surface area (Å²) in [6, 6.07) is 18.2. The van der Waals surface area contributed by atoms with Gasteiger partial charge in [0.05, 0.1) is 11.2 Å². The minimum atomic E-state index is 0.0514. The molecule has 1 amide bonds. The van der Waals surface area contributed by atoms with Gasteiger partial charge in [0.2, 0.25) is 5.91 Å². The van der Waals surface area contributed by atoms with Crippen LogP contribution in [0.15, 0.2) is 67.0 Å². The number of carbonyl (C=O) groups excluding carboxylic acids is 1. The zero-order chi connectivity index (χ0) is 18.5. The number of aromatic nitrogens is 2. The van der Waals surface area contributed by atoms with Gasteiger partial charge in [-0.05, 0) is 30.2 Å². The summed E-state index contributed by atoms with van der Waals surface area (Å²) in [5, 5.41) is 8.63. The maximum absolute atomic E-state index is 12.1. The number of nitrogens with zero attached hydrogens (tertiary/aromatic N) is 1. The molecule has 0 aliphatic heterocycles. The van der Waals surface area contributed by atoms with Gasteiger partial charge < -0.3 is 15.6 Å². The summed E-state index contributed by atoms with van der Waals surface area (Å²) < 4.78 is 0. The average Bonchev–Trinajstić information content (AvgIpc) is 3.11. The Balaban J connectivity index is 1.25. The summed E-state index contributed by atoms with van der Waals surface area (Å²) >= 11 is 0. The first-order valence-electron chi connectivity index (χ1n) is 9.20. The lowest BCUT2D eigenvalue weighted by atomic mass is 10.1. The molecule has 0 saturated heterocycles. The highest BCUT2D eigenvalue weighted by molar-refractivity contribution is 5.90. The van der Waals surface area contributed by atoms with E-state index in [1.165, 1.54) is 10.9 Å². The van der Waals surface area contributed by atoms with E-state index in [0.29, 0.717) is 19.5 Å². The molecule has 4 aromatic rings. The number of pyridine rings is 1. The summed E-state index contributed by atoms with van der Waals surface area (Å²) in [6.07, 6.45) is 5.05. The number of nitrogens with one attached hydrogen (secondary N) is 3. The molecule has 0 bridgehead atoms. The van der Waals surface area contributed by atoms with Crippen LogP contribution in [-0.4, -0.2) is 29.0 Å². The Kier molecular flexibility index (Phi) is 5.01. The fraction of sp³-hybridized carbons (Fsp3) is 0.182. The van der Waals surface area contributed by atoms with Gasteiger partial charge in [0.1, 0.15) is 0 Å². The van der Waals surface area contributed by atoms with Gasteiger partial charge in [-0.25, -0.2) is 0 Å². The molecule has 2 aromatic heterocycles. The predicted octanol–water partition coefficient (Wildman–Crippen LogP) is 3.88. The lowest BCUT2D eigenvalue weighted by molar-refractivity contribution is -0.120. The van der Waals surface area contributed by atoms with E-state index in [0.717, 1.165) is 28.5 Å². The lowest BCUT2D eigenvalue weighted by Gasteiger charge is -2.09. The lowest BCUT2D eigenvalue weighted by Crippen LogP contribution is -2.27. The molecule has 4 rings (SSSR count). The largest absolute Gasteiger partial charge is 0.383 e. The van der Waals surface area contributed by atoms with Gasteiger partial charge in [0, 0.05) is 48.2 Å². The molecule has 0 spiro atoms. The van der Waals surface area contributed by atoms with Crippen LogP contribution in [-0.2, 0) is 11.2 Å². The summed E-state index contributed by atoms with van der Waals surface area (Å²) in [6.45, 7) is 1.21. The number of hydrogen-bond donors (Lipinski definition) is 3. The number of para-hydroxylation sites is 2. The average molecular weight is 358 g/mol. The summed E-state index contributed by atoms with van der Waals surface area (Å²) in [7, 11) is 0. The number of aromatic amines is 1. The number of H-pyrrole nitrogens is 1. The highest BCUT2D eigenvalue weighted by atomic mass is 16.1. The molecule has 0 aliphatic carbocycles. The Morgan fingerprint density at radius 3 is 2.85 bits per heavy atom. The number of anilines is 1. The maximum Gasteiger partial charge on any atom is 0.221 e. The Morgan fingerprint density at radius 1 is 1.00 bits per heavy atom. The molecule has 2 heterocycles. The maximum atomic E-state index is 12.1. The molecule has 3 N–H and O–H groups in total. The van der Waals surface area contributed by atoms with E-state index in [1.54, 1.807) is 6.20 Å². The molecular weight excluding hydrogens is 336 g/mol. The SMILES string of the molecule is O=C(CCNc1cccc2cccnc12)NCCc1c[nH]c2ccccc12. The smallest absolute Gasteiger partial charge is 0.221 e. The number of amides is 1. The second-order valence-corrected chi connectivity index (χ2v) is 6.52. The summed E-state index contributed by atoms with van der Waals surface area (Å²) in [5.41, 5.74) is 4.25. The standard InChI is InChI=1S/C22H22N4O/c27-21(24-13-10-17-15-26-19-8-2-1-7-18(17)19)11-14-23-20-9-3-5-16-6-4-12-25-22(16)20/h1-9,12,15,23,26H,10-11,13-14H2,(H,24,27). The van der Waals surface area contributed by atoms with E-state index in [4.69, 9.17) is 0 Å². The van der Waals surface area contributed by atoms with Crippen LogP contribution in [0.3, 0.4) is 0 Å². The van der Waals surface area contributed by atoms with Crippen molar-refractivity contribution < 1.29 is 4.79 Å². The van der Waals surface area contributed by atoms with Crippen LogP contribution >= 0.6 is 0 Å². The van der Waals surface area contributed by atoms with Crippen LogP contribution in [0.1, 0.15) is 12.0 Å². The van der Waals surface area contributed by atoms with Crippen molar-refractivity contribution in [2.24, 2.45) is 0 Å². The van der Waals surface area contributed by atoms with Crippen molar-refractivity contribution in [3.8, 4) is 0 Å². The van der Waals surface area contributed by atoms with Crippen molar-refractivity contribution in [3.63, 3.8) is 0 Å². The van der Waals surface area contributed by atoms with Crippen molar-refractivity contribution in [2.75, 3.05) is 18.4 Å². The highest BCUT2D eigenvalue weighted by Gasteiger charge is 2.06. The molecule has 0 atom stereocenters. The van der Waals surface area contributed by atoms with E-state index >= 15 is 0 Å². The zero-order valence-electron chi connectivity index (χ0n) is 15.0. The third kappa shape index (κ3) is 3.92. The zero-order valence-corrected chi connectivity index (χ0v) is 15.0. The minimum Gasteiger partial charge on any atom is -0.383 e. The van der Waals surface area contributed by atoms with E-state index in [9.17, 15) is 4.79 Å². The van der Waals surface area contributed by atoms with E-state index in [1.807, 2.05) is 48.7 Å². The van der Waals surface area contributed by atoms with Gasteiger partial charge in [-0.3, -0.25) is 9.78 Å². The third-order valence-electron chi connectivity index (χ3n) is 4.69. The first kappa shape index (κ1) is 17.1. The van der Waals surface area contributed by atoms with Crippen LogP contribution in [0.5, 0.6) is 0 Å². The molecule has 0 aliphatic rings. The van der Waals surface area contributed by atoms with Crippen LogP contribution in [0.25, 0.3) is 21.8 Å². The fourth-order valence-corrected chi connectivity index (χ4v) is 3.32. The van der Waals surface area contributed by atoms with Gasteiger partial charge in [-0.15, -0.1) is 0 Å². The molecule has 0 fully saturated rings. The number of hydrogen-bond acceptors (Lipinski definition) is 3. The predicted molar refractivity (Wildman–Crippen MR) is 110 cm³/mol. The molecule has 5 nitrogen and oxygen atoms in total. The highest BCUT2D eigenvalue weighted by Crippen LogP contribution is 2.20.